The average molecular weight is 296 g/mol. The number of sulfone groups is 1. The van der Waals surface area contributed by atoms with E-state index in [9.17, 15) is 18.3 Å². The van der Waals surface area contributed by atoms with E-state index in [4.69, 9.17) is 0 Å². The zero-order valence-corrected chi connectivity index (χ0v) is 11.7. The van der Waals surface area contributed by atoms with Crippen molar-refractivity contribution in [2.24, 2.45) is 5.92 Å². The summed E-state index contributed by atoms with van der Waals surface area (Å²) in [7, 11) is -2.98. The zero-order valence-electron chi connectivity index (χ0n) is 10.9. The molecule has 3 rings (SSSR count). The summed E-state index contributed by atoms with van der Waals surface area (Å²) < 4.78 is 24.8. The van der Waals surface area contributed by atoms with Gasteiger partial charge in [0.15, 0.2) is 9.84 Å². The third-order valence-corrected chi connectivity index (χ3v) is 5.65. The Balaban J connectivity index is 1.96. The van der Waals surface area contributed by atoms with Crippen molar-refractivity contribution >= 4 is 20.9 Å². The van der Waals surface area contributed by atoms with Crippen LogP contribution in [0.25, 0.3) is 11.0 Å². The Morgan fingerprint density at radius 3 is 2.95 bits per heavy atom. The Morgan fingerprint density at radius 1 is 1.40 bits per heavy atom. The predicted molar refractivity (Wildman–Crippen MR) is 75.6 cm³/mol. The Hall–Kier alpha value is -1.76. The molecule has 2 heterocycles. The topological polar surface area (TPSA) is 92.2 Å². The van der Waals surface area contributed by atoms with Crippen LogP contribution in [0.1, 0.15) is 12.8 Å². The highest BCUT2D eigenvalue weighted by Crippen LogP contribution is 2.22. The van der Waals surface area contributed by atoms with Crippen molar-refractivity contribution < 1.29 is 13.5 Å². The third-order valence-electron chi connectivity index (χ3n) is 3.76. The van der Waals surface area contributed by atoms with Crippen molar-refractivity contribution in [3.8, 4) is 5.75 Å². The standard InChI is InChI=1S/C13H16N2O4S/c16-10-3-4-11-12(6-10)15(13(17)14-11)7-9-2-1-5-20(18,19)8-9/h3-4,6,9,16H,1-2,5,7-8H2,(H,14,17). The van der Waals surface area contributed by atoms with E-state index in [1.54, 1.807) is 6.07 Å². The summed E-state index contributed by atoms with van der Waals surface area (Å²) in [5.41, 5.74) is 0.984. The fourth-order valence-corrected chi connectivity index (χ4v) is 4.61. The molecule has 1 aliphatic heterocycles. The molecule has 20 heavy (non-hydrogen) atoms. The van der Waals surface area contributed by atoms with Crippen LogP contribution in [0.15, 0.2) is 23.0 Å². The van der Waals surface area contributed by atoms with Gasteiger partial charge >= 0.3 is 5.69 Å². The molecule has 2 N–H and O–H groups in total. The van der Waals surface area contributed by atoms with Gasteiger partial charge in [-0.25, -0.2) is 13.2 Å². The number of nitrogens with zero attached hydrogens (tertiary/aromatic N) is 1. The summed E-state index contributed by atoms with van der Waals surface area (Å²) in [5, 5.41) is 9.53. The van der Waals surface area contributed by atoms with Gasteiger partial charge in [-0.1, -0.05) is 0 Å². The lowest BCUT2D eigenvalue weighted by Crippen LogP contribution is -2.30. The van der Waals surface area contributed by atoms with E-state index in [0.29, 0.717) is 24.0 Å². The minimum Gasteiger partial charge on any atom is -0.508 e. The third kappa shape index (κ3) is 2.45. The summed E-state index contributed by atoms with van der Waals surface area (Å²) in [4.78, 5) is 14.7. The molecule has 0 radical (unpaired) electrons. The predicted octanol–water partition coefficient (Wildman–Crippen LogP) is 0.860. The zero-order chi connectivity index (χ0) is 14.3. The quantitative estimate of drug-likeness (QED) is 0.859. The molecule has 7 heteroatoms. The van der Waals surface area contributed by atoms with E-state index in [1.165, 1.54) is 16.7 Å². The first-order valence-electron chi connectivity index (χ1n) is 6.56. The van der Waals surface area contributed by atoms with Gasteiger partial charge < -0.3 is 10.1 Å². The minimum absolute atomic E-state index is 0.0483. The number of H-pyrrole nitrogens is 1. The number of hydrogen-bond acceptors (Lipinski definition) is 4. The van der Waals surface area contributed by atoms with Gasteiger partial charge in [0, 0.05) is 12.6 Å². The van der Waals surface area contributed by atoms with Gasteiger partial charge in [-0.2, -0.15) is 0 Å². The lowest BCUT2D eigenvalue weighted by Gasteiger charge is -2.22. The fourth-order valence-electron chi connectivity index (χ4n) is 2.84. The van der Waals surface area contributed by atoms with Crippen LogP contribution >= 0.6 is 0 Å². The molecule has 0 bridgehead atoms. The highest BCUT2D eigenvalue weighted by molar-refractivity contribution is 7.91. The van der Waals surface area contributed by atoms with Crippen LogP contribution in [0.3, 0.4) is 0 Å². The van der Waals surface area contributed by atoms with E-state index in [-0.39, 0.29) is 28.9 Å². The molecule has 1 aromatic heterocycles. The molecule has 1 atom stereocenters. The SMILES string of the molecule is O=c1[nH]c2ccc(O)cc2n1CC1CCCS(=O)(=O)C1. The van der Waals surface area contributed by atoms with Crippen LogP contribution in [0, 0.1) is 5.92 Å². The number of benzene rings is 1. The number of aromatic hydroxyl groups is 1. The molecule has 0 saturated carbocycles. The summed E-state index contributed by atoms with van der Waals surface area (Å²) in [5.74, 6) is 0.409. The van der Waals surface area contributed by atoms with Gasteiger partial charge in [-0.15, -0.1) is 0 Å². The number of aromatic nitrogens is 2. The normalized spacial score (nSPS) is 22.1. The summed E-state index contributed by atoms with van der Waals surface area (Å²) in [6.07, 6.45) is 1.45. The smallest absolute Gasteiger partial charge is 0.326 e. The van der Waals surface area contributed by atoms with E-state index in [0.717, 1.165) is 6.42 Å². The van der Waals surface area contributed by atoms with E-state index in [2.05, 4.69) is 4.98 Å². The second-order valence-electron chi connectivity index (χ2n) is 5.36. The Morgan fingerprint density at radius 2 is 2.20 bits per heavy atom. The molecule has 0 amide bonds. The van der Waals surface area contributed by atoms with Gasteiger partial charge in [0.2, 0.25) is 0 Å². The summed E-state index contributed by atoms with van der Waals surface area (Å²) in [6, 6.07) is 4.67. The Labute approximate surface area is 116 Å². The monoisotopic (exact) mass is 296 g/mol. The van der Waals surface area contributed by atoms with E-state index >= 15 is 0 Å². The maximum absolute atomic E-state index is 12.0. The first-order valence-corrected chi connectivity index (χ1v) is 8.39. The molecule has 108 valence electrons. The number of phenols is 1. The minimum atomic E-state index is -2.98. The number of phenolic OH excluding ortho intramolecular Hbond substituents is 1. The molecule has 1 saturated heterocycles. The molecular weight excluding hydrogens is 280 g/mol. The van der Waals surface area contributed by atoms with Gasteiger partial charge in [0.1, 0.15) is 5.75 Å². The van der Waals surface area contributed by atoms with Crippen LogP contribution in [0.5, 0.6) is 5.75 Å². The van der Waals surface area contributed by atoms with Crippen LogP contribution in [-0.2, 0) is 16.4 Å². The van der Waals surface area contributed by atoms with Crippen LogP contribution in [-0.4, -0.2) is 34.6 Å². The summed E-state index contributed by atoms with van der Waals surface area (Å²) in [6.45, 7) is 0.363. The first kappa shape index (κ1) is 13.2. The molecule has 2 aromatic rings. The lowest BCUT2D eigenvalue weighted by molar-refractivity contribution is 0.426. The van der Waals surface area contributed by atoms with Crippen molar-refractivity contribution in [3.63, 3.8) is 0 Å². The molecule has 1 unspecified atom stereocenters. The van der Waals surface area contributed by atoms with Crippen molar-refractivity contribution in [3.05, 3.63) is 28.7 Å². The molecular formula is C13H16N2O4S. The Bertz CT molecular complexity index is 803. The van der Waals surface area contributed by atoms with Gasteiger partial charge in [-0.05, 0) is 30.9 Å². The molecule has 1 aliphatic rings. The van der Waals surface area contributed by atoms with Crippen molar-refractivity contribution in [2.75, 3.05) is 11.5 Å². The van der Waals surface area contributed by atoms with E-state index in [1.807, 2.05) is 0 Å². The molecule has 1 aromatic carbocycles. The van der Waals surface area contributed by atoms with E-state index < -0.39 is 9.84 Å². The molecule has 6 nitrogen and oxygen atoms in total. The first-order chi connectivity index (χ1) is 9.44. The van der Waals surface area contributed by atoms with Gasteiger partial charge in [0.25, 0.3) is 0 Å². The lowest BCUT2D eigenvalue weighted by atomic mass is 10.1. The average Bonchev–Trinajstić information content (AvgIpc) is 2.65. The molecule has 1 fully saturated rings. The number of rotatable bonds is 2. The number of hydrogen-bond donors (Lipinski definition) is 2. The van der Waals surface area contributed by atoms with Gasteiger partial charge in [-0.3, -0.25) is 4.57 Å². The number of nitrogens with one attached hydrogen (secondary N) is 1. The number of aromatic amines is 1. The summed E-state index contributed by atoms with van der Waals surface area (Å²) >= 11 is 0. The highest BCUT2D eigenvalue weighted by Gasteiger charge is 2.25. The van der Waals surface area contributed by atoms with Crippen LogP contribution in [0.4, 0.5) is 0 Å². The number of imidazole rings is 1. The second kappa shape index (κ2) is 4.66. The largest absolute Gasteiger partial charge is 0.508 e. The number of fused-ring (bicyclic) bond motifs is 1. The van der Waals surface area contributed by atoms with Gasteiger partial charge in [0.05, 0.1) is 22.5 Å². The second-order valence-corrected chi connectivity index (χ2v) is 7.59. The maximum Gasteiger partial charge on any atom is 0.326 e. The van der Waals surface area contributed by atoms with Crippen molar-refractivity contribution in [1.29, 1.82) is 0 Å². The molecule has 0 aliphatic carbocycles. The Kier molecular flexibility index (Phi) is 3.08. The van der Waals surface area contributed by atoms with Crippen molar-refractivity contribution in [1.82, 2.24) is 9.55 Å². The highest BCUT2D eigenvalue weighted by atomic mass is 32.2. The van der Waals surface area contributed by atoms with Crippen molar-refractivity contribution in [2.45, 2.75) is 19.4 Å². The van der Waals surface area contributed by atoms with Crippen LogP contribution in [0.2, 0.25) is 0 Å². The fraction of sp³-hybridized carbons (Fsp3) is 0.462. The molecule has 0 spiro atoms. The van der Waals surface area contributed by atoms with Crippen LogP contribution < -0.4 is 5.69 Å². The maximum atomic E-state index is 12.0.